The summed E-state index contributed by atoms with van der Waals surface area (Å²) in [6.45, 7) is -1.66. The topological polar surface area (TPSA) is 302 Å². The lowest BCUT2D eigenvalue weighted by molar-refractivity contribution is -0.387. The van der Waals surface area contributed by atoms with Gasteiger partial charge in [0.2, 0.25) is 17.7 Å². The van der Waals surface area contributed by atoms with Gasteiger partial charge in [-0.2, -0.15) is 0 Å². The van der Waals surface area contributed by atoms with Crippen molar-refractivity contribution in [2.45, 2.75) is 81.4 Å². The van der Waals surface area contributed by atoms with E-state index in [0.717, 1.165) is 4.90 Å². The van der Waals surface area contributed by atoms with Crippen LogP contribution in [0.4, 0.5) is 0 Å². The predicted octanol–water partition coefficient (Wildman–Crippen LogP) is -7.09. The van der Waals surface area contributed by atoms with Crippen molar-refractivity contribution in [1.82, 2.24) is 25.9 Å². The van der Waals surface area contributed by atoms with E-state index >= 15 is 0 Å². The number of fused-ring (bicyclic) bond motifs is 3. The van der Waals surface area contributed by atoms with E-state index in [4.69, 9.17) is 23.7 Å². The second kappa shape index (κ2) is 17.5. The molecule has 22 heteroatoms. The van der Waals surface area contributed by atoms with Gasteiger partial charge in [-0.15, -0.1) is 5.06 Å². The normalized spacial score (nSPS) is 36.0. The van der Waals surface area contributed by atoms with Crippen LogP contribution in [0.5, 0.6) is 0 Å². The summed E-state index contributed by atoms with van der Waals surface area (Å²) in [5, 5.41) is 59.9. The number of ether oxygens (including phenoxy) is 5. The van der Waals surface area contributed by atoms with Crippen molar-refractivity contribution in [3.63, 3.8) is 0 Å². The van der Waals surface area contributed by atoms with Crippen LogP contribution in [0, 0.1) is 0 Å². The quantitative estimate of drug-likeness (QED) is 0.123. The van der Waals surface area contributed by atoms with E-state index in [2.05, 4.69) is 20.8 Å². The second-order valence-corrected chi connectivity index (χ2v) is 11.5. The van der Waals surface area contributed by atoms with Gasteiger partial charge in [0.1, 0.15) is 43.2 Å². The van der Waals surface area contributed by atoms with E-state index in [1.54, 1.807) is 0 Å². The first kappa shape index (κ1) is 38.4. The van der Waals surface area contributed by atoms with E-state index in [9.17, 15) is 54.3 Å². The van der Waals surface area contributed by atoms with Crippen LogP contribution in [-0.2, 0) is 57.3 Å². The van der Waals surface area contributed by atoms with Gasteiger partial charge in [-0.25, -0.2) is 4.79 Å². The van der Waals surface area contributed by atoms with Crippen molar-refractivity contribution in [2.24, 2.45) is 0 Å². The van der Waals surface area contributed by atoms with Crippen molar-refractivity contribution in [3.05, 3.63) is 0 Å². The molecule has 4 aliphatic rings. The molecule has 0 aromatic rings. The van der Waals surface area contributed by atoms with Crippen molar-refractivity contribution in [3.8, 4) is 0 Å². The van der Waals surface area contributed by atoms with Gasteiger partial charge in [0.25, 0.3) is 11.8 Å². The zero-order valence-electron chi connectivity index (χ0n) is 26.4. The number of aliphatic hydroxyl groups excluding tert-OH is 5. The zero-order chi connectivity index (χ0) is 35.8. The molecule has 4 aliphatic heterocycles. The van der Waals surface area contributed by atoms with Gasteiger partial charge in [0.05, 0.1) is 39.0 Å². The van der Waals surface area contributed by atoms with Crippen LogP contribution in [0.2, 0.25) is 0 Å². The SMILES string of the molecule is C[C@@H]1O[C@H]2OCCNC(=O)CN(CC(=O)NCC(=O)ON3C(=O)CCC3=O)CC(=O)NCCO[C@@H]3O[C@@H](O[C@H]2[C@H](O)[C@@H]1O)[C@@H](O)[C@@H](O)[C@@H]3O. The Kier molecular flexibility index (Phi) is 13.7. The molecule has 4 heterocycles. The minimum atomic E-state index is -1.83. The Balaban J connectivity index is 1.40. The highest BCUT2D eigenvalue weighted by atomic mass is 16.8. The van der Waals surface area contributed by atoms with Crippen LogP contribution in [0.25, 0.3) is 0 Å². The van der Waals surface area contributed by atoms with E-state index in [1.165, 1.54) is 6.92 Å². The molecule has 0 radical (unpaired) electrons. The maximum atomic E-state index is 12.7. The molecule has 0 saturated carbocycles. The summed E-state index contributed by atoms with van der Waals surface area (Å²) in [6, 6.07) is 0. The Labute approximate surface area is 278 Å². The Hall–Kier alpha value is -3.42. The largest absolute Gasteiger partial charge is 0.388 e. The molecule has 2 bridgehead atoms. The fourth-order valence-electron chi connectivity index (χ4n) is 5.14. The van der Waals surface area contributed by atoms with Gasteiger partial charge in [0.15, 0.2) is 18.9 Å². The Morgan fingerprint density at radius 3 is 1.96 bits per heavy atom. The van der Waals surface area contributed by atoms with Crippen LogP contribution in [-0.4, -0.2) is 185 Å². The standard InChI is InChI=1S/C27H41N5O17/c1-12-19(39)21(41)24-27(46-12)45-7-5-29-14(34)10-31(11-15(35)30-8-18(38)49-32-16(36)2-3-17(32)37)9-13(33)28-4-6-44-25-22(42)20(40)23(43)26(47-24)48-25/h12,19-27,39-43H,2-11H2,1H3,(H,28,33)(H,29,34)(H,30,35)/t12-,19+,20-,21+,22-,23-,24-,25+,26+,27+/m0/s1. The minimum Gasteiger partial charge on any atom is -0.388 e. The van der Waals surface area contributed by atoms with Crippen molar-refractivity contribution >= 4 is 35.5 Å². The number of carbonyl (C=O) groups is 6. The summed E-state index contributed by atoms with van der Waals surface area (Å²) in [6.07, 6.45) is -15.8. The Morgan fingerprint density at radius 1 is 0.776 bits per heavy atom. The van der Waals surface area contributed by atoms with Crippen molar-refractivity contribution in [2.75, 3.05) is 52.5 Å². The first-order chi connectivity index (χ1) is 23.2. The third-order valence-corrected chi connectivity index (χ3v) is 7.74. The summed E-state index contributed by atoms with van der Waals surface area (Å²) in [4.78, 5) is 79.1. The molecule has 22 nitrogen and oxygen atoms in total. The van der Waals surface area contributed by atoms with Gasteiger partial charge < -0.3 is 70.0 Å². The summed E-state index contributed by atoms with van der Waals surface area (Å²) >= 11 is 0. The summed E-state index contributed by atoms with van der Waals surface area (Å²) in [5.41, 5.74) is 0. The smallest absolute Gasteiger partial charge is 0.352 e. The highest BCUT2D eigenvalue weighted by Crippen LogP contribution is 2.30. The summed E-state index contributed by atoms with van der Waals surface area (Å²) in [7, 11) is 0. The molecular weight excluding hydrogens is 666 g/mol. The molecule has 0 spiro atoms. The molecule has 0 aliphatic carbocycles. The molecule has 49 heavy (non-hydrogen) atoms. The highest BCUT2D eigenvalue weighted by molar-refractivity contribution is 6.01. The Bertz CT molecular complexity index is 1210. The molecule has 10 atom stereocenters. The number of imide groups is 1. The van der Waals surface area contributed by atoms with Gasteiger partial charge in [-0.1, -0.05) is 0 Å². The van der Waals surface area contributed by atoms with E-state index in [1.807, 2.05) is 0 Å². The highest BCUT2D eigenvalue weighted by Gasteiger charge is 2.50. The van der Waals surface area contributed by atoms with Crippen molar-refractivity contribution < 1.29 is 82.8 Å². The number of amides is 5. The maximum absolute atomic E-state index is 12.7. The van der Waals surface area contributed by atoms with E-state index in [-0.39, 0.29) is 39.1 Å². The van der Waals surface area contributed by atoms with Crippen LogP contribution in [0.3, 0.4) is 0 Å². The third kappa shape index (κ3) is 10.3. The van der Waals surface area contributed by atoms with Crippen LogP contribution in [0.15, 0.2) is 0 Å². The minimum absolute atomic E-state index is 0.115. The summed E-state index contributed by atoms with van der Waals surface area (Å²) < 4.78 is 27.9. The number of hydroxylamine groups is 2. The second-order valence-electron chi connectivity index (χ2n) is 11.5. The molecule has 276 valence electrons. The Morgan fingerprint density at radius 2 is 1.35 bits per heavy atom. The van der Waals surface area contributed by atoms with Crippen LogP contribution in [0.1, 0.15) is 19.8 Å². The van der Waals surface area contributed by atoms with Crippen LogP contribution < -0.4 is 16.0 Å². The lowest BCUT2D eigenvalue weighted by Gasteiger charge is -2.45. The van der Waals surface area contributed by atoms with E-state index in [0.29, 0.717) is 5.06 Å². The molecule has 4 rings (SSSR count). The number of hydrogen-bond donors (Lipinski definition) is 8. The monoisotopic (exact) mass is 707 g/mol. The van der Waals surface area contributed by atoms with Gasteiger partial charge in [-0.05, 0) is 6.92 Å². The summed E-state index contributed by atoms with van der Waals surface area (Å²) in [5.74, 6) is -4.63. The van der Waals surface area contributed by atoms with Gasteiger partial charge in [0, 0.05) is 25.9 Å². The number of rotatable bonds is 5. The third-order valence-electron chi connectivity index (χ3n) is 7.74. The van der Waals surface area contributed by atoms with Crippen LogP contribution >= 0.6 is 0 Å². The fraction of sp³-hybridized carbons (Fsp3) is 0.778. The molecule has 0 unspecified atom stereocenters. The number of nitrogens with one attached hydrogen (secondary N) is 3. The van der Waals surface area contributed by atoms with Gasteiger partial charge >= 0.3 is 5.97 Å². The van der Waals surface area contributed by atoms with Crippen molar-refractivity contribution in [1.29, 1.82) is 0 Å². The average molecular weight is 708 g/mol. The molecule has 5 amide bonds. The molecule has 0 aromatic heterocycles. The molecule has 8 N–H and O–H groups in total. The molecular formula is C27H41N5O17. The predicted molar refractivity (Wildman–Crippen MR) is 152 cm³/mol. The average Bonchev–Trinajstić information content (AvgIpc) is 3.36. The lowest BCUT2D eigenvalue weighted by Crippen LogP contribution is -2.64. The molecule has 0 aromatic carbocycles. The number of carbonyl (C=O) groups excluding carboxylic acids is 6. The van der Waals surface area contributed by atoms with Gasteiger partial charge in [-0.3, -0.25) is 28.9 Å². The zero-order valence-corrected chi connectivity index (χ0v) is 26.4. The van der Waals surface area contributed by atoms with E-state index < -0.39 is 123 Å². The lowest BCUT2D eigenvalue weighted by atomic mass is 9.99. The molecule has 4 saturated heterocycles. The number of aliphatic hydroxyl groups is 5. The maximum Gasteiger partial charge on any atom is 0.352 e. The first-order valence-electron chi connectivity index (χ1n) is 15.4. The fourth-order valence-corrected chi connectivity index (χ4v) is 5.14. The number of hydrogen-bond acceptors (Lipinski definition) is 18. The molecule has 4 fully saturated rings. The number of nitrogens with zero attached hydrogens (tertiary/aromatic N) is 2. The first-order valence-corrected chi connectivity index (χ1v) is 15.4.